The highest BCUT2D eigenvalue weighted by Gasteiger charge is 2.24. The fraction of sp³-hybridized carbons (Fsp3) is 0.500. The van der Waals surface area contributed by atoms with E-state index in [9.17, 15) is 9.59 Å². The molecule has 0 atom stereocenters. The molecule has 9 nitrogen and oxygen atoms in total. The van der Waals surface area contributed by atoms with Gasteiger partial charge in [0, 0.05) is 37.0 Å². The van der Waals surface area contributed by atoms with Gasteiger partial charge in [-0.25, -0.2) is 9.78 Å². The third-order valence-corrected chi connectivity index (χ3v) is 7.01. The summed E-state index contributed by atoms with van der Waals surface area (Å²) in [6.07, 6.45) is 5.22. The van der Waals surface area contributed by atoms with Crippen LogP contribution in [0.1, 0.15) is 41.8 Å². The van der Waals surface area contributed by atoms with E-state index >= 15 is 0 Å². The van der Waals surface area contributed by atoms with Crippen molar-refractivity contribution < 1.29 is 19.1 Å². The molecule has 170 valence electrons. The van der Waals surface area contributed by atoms with Crippen LogP contribution in [0.3, 0.4) is 0 Å². The second-order valence-corrected chi connectivity index (χ2v) is 9.48. The fourth-order valence-corrected chi connectivity index (χ4v) is 5.38. The third kappa shape index (κ3) is 4.97. The molecule has 3 N–H and O–H groups in total. The largest absolute Gasteiger partial charge is 0.454 e. The molecule has 1 aromatic heterocycles. The van der Waals surface area contributed by atoms with Crippen molar-refractivity contribution in [1.29, 1.82) is 0 Å². The zero-order valence-corrected chi connectivity index (χ0v) is 18.6. The number of hydrogen-bond acceptors (Lipinski definition) is 7. The highest BCUT2D eigenvalue weighted by molar-refractivity contribution is 7.15. The Morgan fingerprint density at radius 3 is 2.91 bits per heavy atom. The first-order valence-electron chi connectivity index (χ1n) is 11.1. The number of benzene rings is 1. The van der Waals surface area contributed by atoms with Gasteiger partial charge in [-0.05, 0) is 30.5 Å². The Bertz CT molecular complexity index is 1000. The lowest BCUT2D eigenvalue weighted by atomic mass is 10.2. The summed E-state index contributed by atoms with van der Waals surface area (Å²) < 4.78 is 10.7. The standard InChI is InChI=1S/C22H27N5O4S/c28-20(23-10-14-5-6-17-18(9-14)31-13-30-17)12-27-8-7-16-19(11-27)32-22(25-16)26-21(29)24-15-3-1-2-4-15/h5-6,9,15H,1-4,7-8,10-13H2,(H,23,28)(H2,24,25,26,29). The van der Waals surface area contributed by atoms with E-state index in [1.54, 1.807) is 0 Å². The highest BCUT2D eigenvalue weighted by Crippen LogP contribution is 2.32. The SMILES string of the molecule is O=C(CN1CCc2nc(NC(=O)NC3CCCC3)sc2C1)NCc1ccc2c(c1)OCO2. The Kier molecular flexibility index (Phi) is 6.13. The molecule has 1 aliphatic carbocycles. The van der Waals surface area contributed by atoms with Crippen molar-refractivity contribution in [2.24, 2.45) is 0 Å². The summed E-state index contributed by atoms with van der Waals surface area (Å²) in [6.45, 7) is 2.44. The Morgan fingerprint density at radius 1 is 1.19 bits per heavy atom. The number of fused-ring (bicyclic) bond motifs is 2. The molecular formula is C22H27N5O4S. The van der Waals surface area contributed by atoms with Gasteiger partial charge in [0.2, 0.25) is 12.7 Å². The van der Waals surface area contributed by atoms with Crippen LogP contribution in [0, 0.1) is 0 Å². The summed E-state index contributed by atoms with van der Waals surface area (Å²) >= 11 is 1.49. The number of aromatic nitrogens is 1. The van der Waals surface area contributed by atoms with Crippen molar-refractivity contribution in [2.45, 2.75) is 51.2 Å². The number of thiazole rings is 1. The maximum Gasteiger partial charge on any atom is 0.321 e. The third-order valence-electron chi connectivity index (χ3n) is 6.02. The molecule has 3 aliphatic rings. The quantitative estimate of drug-likeness (QED) is 0.616. The molecule has 0 radical (unpaired) electrons. The molecule has 0 saturated heterocycles. The number of carbonyl (C=O) groups excluding carboxylic acids is 2. The van der Waals surface area contributed by atoms with Gasteiger partial charge in [0.1, 0.15) is 0 Å². The lowest BCUT2D eigenvalue weighted by Gasteiger charge is -2.25. The number of ether oxygens (including phenoxy) is 2. The summed E-state index contributed by atoms with van der Waals surface area (Å²) in [4.78, 5) is 32.5. The van der Waals surface area contributed by atoms with E-state index in [1.165, 1.54) is 24.2 Å². The molecule has 1 aromatic carbocycles. The summed E-state index contributed by atoms with van der Waals surface area (Å²) in [5.41, 5.74) is 1.99. The summed E-state index contributed by atoms with van der Waals surface area (Å²) in [6, 6.07) is 5.78. The number of rotatable bonds is 6. The average molecular weight is 458 g/mol. The van der Waals surface area contributed by atoms with Crippen LogP contribution >= 0.6 is 11.3 Å². The lowest BCUT2D eigenvalue weighted by molar-refractivity contribution is -0.122. The molecule has 0 spiro atoms. The predicted octanol–water partition coefficient (Wildman–Crippen LogP) is 2.61. The minimum Gasteiger partial charge on any atom is -0.454 e. The molecular weight excluding hydrogens is 430 g/mol. The van der Waals surface area contributed by atoms with Crippen LogP contribution < -0.4 is 25.4 Å². The Morgan fingerprint density at radius 2 is 2.03 bits per heavy atom. The summed E-state index contributed by atoms with van der Waals surface area (Å²) in [5, 5.41) is 9.50. The summed E-state index contributed by atoms with van der Waals surface area (Å²) in [7, 11) is 0. The van der Waals surface area contributed by atoms with Gasteiger partial charge in [-0.2, -0.15) is 0 Å². The molecule has 3 heterocycles. The minimum atomic E-state index is -0.178. The maximum atomic E-state index is 12.5. The van der Waals surface area contributed by atoms with Crippen LogP contribution in [0.4, 0.5) is 9.93 Å². The van der Waals surface area contributed by atoms with Gasteiger partial charge < -0.3 is 20.1 Å². The van der Waals surface area contributed by atoms with Gasteiger partial charge in [-0.15, -0.1) is 11.3 Å². The summed E-state index contributed by atoms with van der Waals surface area (Å²) in [5.74, 6) is 1.43. The second kappa shape index (κ2) is 9.33. The number of hydrogen-bond donors (Lipinski definition) is 3. The van der Waals surface area contributed by atoms with Crippen molar-refractivity contribution in [3.05, 3.63) is 34.3 Å². The van der Waals surface area contributed by atoms with E-state index < -0.39 is 0 Å². The molecule has 3 amide bonds. The fourth-order valence-electron chi connectivity index (χ4n) is 4.34. The zero-order valence-electron chi connectivity index (χ0n) is 17.8. The average Bonchev–Trinajstić information content (AvgIpc) is 3.52. The number of nitrogens with one attached hydrogen (secondary N) is 3. The van der Waals surface area contributed by atoms with Crippen LogP contribution in [-0.2, 0) is 24.3 Å². The van der Waals surface area contributed by atoms with Gasteiger partial charge in [-0.1, -0.05) is 18.9 Å². The van der Waals surface area contributed by atoms with E-state index in [0.717, 1.165) is 47.7 Å². The molecule has 1 fully saturated rings. The van der Waals surface area contributed by atoms with Gasteiger partial charge >= 0.3 is 6.03 Å². The van der Waals surface area contributed by atoms with Crippen LogP contribution in [0.25, 0.3) is 0 Å². The van der Waals surface area contributed by atoms with Gasteiger partial charge in [-0.3, -0.25) is 15.0 Å². The second-order valence-electron chi connectivity index (χ2n) is 8.39. The molecule has 32 heavy (non-hydrogen) atoms. The van der Waals surface area contributed by atoms with Crippen molar-refractivity contribution in [2.75, 3.05) is 25.2 Å². The molecule has 0 unspecified atom stereocenters. The molecule has 0 bridgehead atoms. The Labute approximate surface area is 190 Å². The van der Waals surface area contributed by atoms with E-state index in [2.05, 4.69) is 25.8 Å². The normalized spacial score (nSPS) is 17.8. The molecule has 10 heteroatoms. The van der Waals surface area contributed by atoms with E-state index in [1.807, 2.05) is 18.2 Å². The van der Waals surface area contributed by atoms with Crippen LogP contribution in [0.5, 0.6) is 11.5 Å². The molecule has 5 rings (SSSR count). The Hall–Kier alpha value is -2.85. The van der Waals surface area contributed by atoms with Gasteiger partial charge in [0.25, 0.3) is 0 Å². The van der Waals surface area contributed by atoms with Crippen molar-refractivity contribution in [3.8, 4) is 11.5 Å². The Balaban J connectivity index is 1.09. The van der Waals surface area contributed by atoms with E-state index in [0.29, 0.717) is 30.5 Å². The number of nitrogens with zero attached hydrogens (tertiary/aromatic N) is 2. The maximum absolute atomic E-state index is 12.5. The smallest absolute Gasteiger partial charge is 0.321 e. The van der Waals surface area contributed by atoms with E-state index in [4.69, 9.17) is 9.47 Å². The number of carbonyl (C=O) groups is 2. The first-order chi connectivity index (χ1) is 15.6. The molecule has 1 saturated carbocycles. The van der Waals surface area contributed by atoms with Crippen LogP contribution in [0.15, 0.2) is 18.2 Å². The topological polar surface area (TPSA) is 105 Å². The minimum absolute atomic E-state index is 0.0232. The molecule has 2 aromatic rings. The van der Waals surface area contributed by atoms with Crippen molar-refractivity contribution >= 4 is 28.4 Å². The van der Waals surface area contributed by atoms with Crippen molar-refractivity contribution in [3.63, 3.8) is 0 Å². The lowest BCUT2D eigenvalue weighted by Crippen LogP contribution is -2.39. The highest BCUT2D eigenvalue weighted by atomic mass is 32.1. The van der Waals surface area contributed by atoms with E-state index in [-0.39, 0.29) is 24.8 Å². The zero-order chi connectivity index (χ0) is 21.9. The number of amides is 3. The monoisotopic (exact) mass is 457 g/mol. The van der Waals surface area contributed by atoms with Gasteiger partial charge in [0.15, 0.2) is 16.6 Å². The number of urea groups is 1. The predicted molar refractivity (Wildman–Crippen MR) is 120 cm³/mol. The van der Waals surface area contributed by atoms with Crippen molar-refractivity contribution in [1.82, 2.24) is 20.5 Å². The number of anilines is 1. The molecule has 2 aliphatic heterocycles. The van der Waals surface area contributed by atoms with Crippen LogP contribution in [-0.4, -0.2) is 47.7 Å². The first-order valence-corrected chi connectivity index (χ1v) is 11.9. The first kappa shape index (κ1) is 21.0. The van der Waals surface area contributed by atoms with Crippen LogP contribution in [0.2, 0.25) is 0 Å². The van der Waals surface area contributed by atoms with Gasteiger partial charge in [0.05, 0.1) is 12.2 Å².